The minimum Gasteiger partial charge on any atom is -0.497 e. The van der Waals surface area contributed by atoms with Crippen molar-refractivity contribution in [2.45, 2.75) is 6.73 Å². The Hall–Kier alpha value is -2.53. The first-order valence-corrected chi connectivity index (χ1v) is 6.62. The number of nitrogens with zero attached hydrogens (tertiary/aromatic N) is 2. The van der Waals surface area contributed by atoms with Crippen LogP contribution in [-0.4, -0.2) is 23.8 Å². The maximum Gasteiger partial charge on any atom is 0.143 e. The first kappa shape index (κ1) is 13.5. The largest absolute Gasteiger partial charge is 0.497 e. The zero-order chi connectivity index (χ0) is 14.8. The average Bonchev–Trinajstić information content (AvgIpc) is 2.88. The molecule has 0 saturated heterocycles. The highest BCUT2D eigenvalue weighted by atomic mass is 16.5. The molecule has 3 rings (SSSR count). The third-order valence-corrected chi connectivity index (χ3v) is 3.42. The number of para-hydroxylation sites is 1. The number of anilines is 1. The van der Waals surface area contributed by atoms with Gasteiger partial charge < -0.3 is 15.2 Å². The fourth-order valence-corrected chi connectivity index (χ4v) is 2.39. The number of nitrogen functional groups attached to an aromatic ring is 1. The Morgan fingerprint density at radius 1 is 1.10 bits per heavy atom. The molecule has 3 aromatic rings. The van der Waals surface area contributed by atoms with Gasteiger partial charge in [-0.3, -0.25) is 4.57 Å². The summed E-state index contributed by atoms with van der Waals surface area (Å²) >= 11 is 0. The van der Waals surface area contributed by atoms with Gasteiger partial charge in [0.25, 0.3) is 0 Å². The van der Waals surface area contributed by atoms with Gasteiger partial charge in [0.15, 0.2) is 0 Å². The number of imidazole rings is 1. The fraction of sp³-hybridized carbons (Fsp3) is 0.188. The number of hydrogen-bond acceptors (Lipinski definition) is 4. The molecule has 2 aromatic carbocycles. The van der Waals surface area contributed by atoms with E-state index in [1.54, 1.807) is 14.2 Å². The summed E-state index contributed by atoms with van der Waals surface area (Å²) in [5.41, 5.74) is 9.43. The molecule has 0 aliphatic rings. The third kappa shape index (κ3) is 2.32. The van der Waals surface area contributed by atoms with Crippen LogP contribution in [0.1, 0.15) is 0 Å². The molecular weight excluding hydrogens is 266 g/mol. The highest BCUT2D eigenvalue weighted by Gasteiger charge is 2.14. The molecule has 0 radical (unpaired) electrons. The molecule has 0 spiro atoms. The van der Waals surface area contributed by atoms with Gasteiger partial charge in [0.2, 0.25) is 0 Å². The Balaban J connectivity index is 2.20. The number of nitrogens with two attached hydrogens (primary N) is 1. The number of hydrogen-bond donors (Lipinski definition) is 1. The normalized spacial score (nSPS) is 11.0. The lowest BCUT2D eigenvalue weighted by Gasteiger charge is -2.08. The molecule has 5 heteroatoms. The zero-order valence-electron chi connectivity index (χ0n) is 12.0. The summed E-state index contributed by atoms with van der Waals surface area (Å²) in [7, 11) is 3.31. The van der Waals surface area contributed by atoms with Crippen molar-refractivity contribution in [3.05, 3.63) is 42.5 Å². The van der Waals surface area contributed by atoms with Gasteiger partial charge in [-0.2, -0.15) is 0 Å². The van der Waals surface area contributed by atoms with E-state index in [1.165, 1.54) is 0 Å². The molecule has 0 atom stereocenters. The van der Waals surface area contributed by atoms with E-state index in [1.807, 2.05) is 47.0 Å². The Morgan fingerprint density at radius 3 is 2.52 bits per heavy atom. The number of fused-ring (bicyclic) bond motifs is 1. The minimum atomic E-state index is 0.418. The van der Waals surface area contributed by atoms with Crippen LogP contribution in [0.25, 0.3) is 22.4 Å². The summed E-state index contributed by atoms with van der Waals surface area (Å²) in [6, 6.07) is 13.5. The molecule has 2 N–H and O–H groups in total. The van der Waals surface area contributed by atoms with Crippen molar-refractivity contribution in [3.8, 4) is 17.1 Å². The molecule has 0 bridgehead atoms. The van der Waals surface area contributed by atoms with E-state index in [-0.39, 0.29) is 0 Å². The molecule has 5 nitrogen and oxygen atoms in total. The van der Waals surface area contributed by atoms with Crippen LogP contribution in [0.3, 0.4) is 0 Å². The Kier molecular flexibility index (Phi) is 3.50. The van der Waals surface area contributed by atoms with Crippen LogP contribution in [0.2, 0.25) is 0 Å². The molecule has 0 aliphatic heterocycles. The quantitative estimate of drug-likeness (QED) is 0.748. The molecule has 0 fully saturated rings. The standard InChI is InChI=1S/C16H17N3O2/c1-20-10-19-14-5-3-4-13(17)15(14)18-16(19)11-6-8-12(21-2)9-7-11/h3-9H,10,17H2,1-2H3. The van der Waals surface area contributed by atoms with Gasteiger partial charge in [0.1, 0.15) is 23.8 Å². The van der Waals surface area contributed by atoms with Crippen molar-refractivity contribution in [1.82, 2.24) is 9.55 Å². The summed E-state index contributed by atoms with van der Waals surface area (Å²) in [6.45, 7) is 0.418. The fourth-order valence-electron chi connectivity index (χ4n) is 2.39. The van der Waals surface area contributed by atoms with Crippen LogP contribution in [0.4, 0.5) is 5.69 Å². The molecule has 1 aromatic heterocycles. The SMILES string of the molecule is COCn1c(-c2ccc(OC)cc2)nc2c(N)cccc21. The number of aromatic nitrogens is 2. The number of rotatable bonds is 4. The van der Waals surface area contributed by atoms with Gasteiger partial charge in [0, 0.05) is 12.7 Å². The van der Waals surface area contributed by atoms with E-state index >= 15 is 0 Å². The van der Waals surface area contributed by atoms with Gasteiger partial charge in [-0.25, -0.2) is 4.98 Å². The van der Waals surface area contributed by atoms with Crippen LogP contribution in [0, 0.1) is 0 Å². The molecule has 0 aliphatic carbocycles. The number of methoxy groups -OCH3 is 2. The van der Waals surface area contributed by atoms with Gasteiger partial charge in [-0.1, -0.05) is 6.07 Å². The lowest BCUT2D eigenvalue weighted by Crippen LogP contribution is -2.02. The monoisotopic (exact) mass is 283 g/mol. The van der Waals surface area contributed by atoms with Crippen LogP contribution < -0.4 is 10.5 Å². The summed E-state index contributed by atoms with van der Waals surface area (Å²) in [4.78, 5) is 4.67. The Morgan fingerprint density at radius 2 is 1.86 bits per heavy atom. The lowest BCUT2D eigenvalue weighted by molar-refractivity contribution is 0.135. The highest BCUT2D eigenvalue weighted by molar-refractivity contribution is 5.90. The topological polar surface area (TPSA) is 62.3 Å². The lowest BCUT2D eigenvalue weighted by atomic mass is 10.2. The van der Waals surface area contributed by atoms with Crippen LogP contribution in [-0.2, 0) is 11.5 Å². The van der Waals surface area contributed by atoms with Crippen molar-refractivity contribution in [3.63, 3.8) is 0 Å². The van der Waals surface area contributed by atoms with Crippen LogP contribution >= 0.6 is 0 Å². The number of ether oxygens (including phenoxy) is 2. The number of benzene rings is 2. The maximum absolute atomic E-state index is 6.02. The van der Waals surface area contributed by atoms with Gasteiger partial charge >= 0.3 is 0 Å². The summed E-state index contributed by atoms with van der Waals surface area (Å²) in [5, 5.41) is 0. The Labute approximate surface area is 122 Å². The van der Waals surface area contributed by atoms with Crippen LogP contribution in [0.5, 0.6) is 5.75 Å². The van der Waals surface area contributed by atoms with E-state index in [0.717, 1.165) is 28.2 Å². The first-order chi connectivity index (χ1) is 10.2. The van der Waals surface area contributed by atoms with E-state index < -0.39 is 0 Å². The van der Waals surface area contributed by atoms with E-state index in [2.05, 4.69) is 4.98 Å². The van der Waals surface area contributed by atoms with Gasteiger partial charge in [-0.15, -0.1) is 0 Å². The second-order valence-corrected chi connectivity index (χ2v) is 4.72. The van der Waals surface area contributed by atoms with E-state index in [0.29, 0.717) is 12.4 Å². The van der Waals surface area contributed by atoms with Gasteiger partial charge in [0.05, 0.1) is 18.3 Å². The van der Waals surface area contributed by atoms with Crippen molar-refractivity contribution >= 4 is 16.7 Å². The smallest absolute Gasteiger partial charge is 0.143 e. The van der Waals surface area contributed by atoms with E-state index in [9.17, 15) is 0 Å². The highest BCUT2D eigenvalue weighted by Crippen LogP contribution is 2.28. The predicted molar refractivity (Wildman–Crippen MR) is 83.1 cm³/mol. The molecule has 0 saturated carbocycles. The maximum atomic E-state index is 6.02. The first-order valence-electron chi connectivity index (χ1n) is 6.62. The average molecular weight is 283 g/mol. The van der Waals surface area contributed by atoms with Crippen molar-refractivity contribution in [2.75, 3.05) is 20.0 Å². The summed E-state index contributed by atoms with van der Waals surface area (Å²) < 4.78 is 12.5. The molecule has 0 unspecified atom stereocenters. The second-order valence-electron chi connectivity index (χ2n) is 4.72. The van der Waals surface area contributed by atoms with Crippen LogP contribution in [0.15, 0.2) is 42.5 Å². The minimum absolute atomic E-state index is 0.418. The Bertz CT molecular complexity index is 763. The van der Waals surface area contributed by atoms with Gasteiger partial charge in [-0.05, 0) is 36.4 Å². The van der Waals surface area contributed by atoms with E-state index in [4.69, 9.17) is 15.2 Å². The van der Waals surface area contributed by atoms with Crippen molar-refractivity contribution in [1.29, 1.82) is 0 Å². The predicted octanol–water partition coefficient (Wildman–Crippen LogP) is 2.90. The van der Waals surface area contributed by atoms with Crippen molar-refractivity contribution < 1.29 is 9.47 Å². The molecule has 1 heterocycles. The second kappa shape index (κ2) is 5.46. The zero-order valence-corrected chi connectivity index (χ0v) is 12.0. The molecule has 0 amide bonds. The summed E-state index contributed by atoms with van der Waals surface area (Å²) in [5.74, 6) is 1.64. The summed E-state index contributed by atoms with van der Waals surface area (Å²) in [6.07, 6.45) is 0. The molecular formula is C16H17N3O2. The molecule has 21 heavy (non-hydrogen) atoms. The third-order valence-electron chi connectivity index (χ3n) is 3.42. The van der Waals surface area contributed by atoms with Crippen molar-refractivity contribution in [2.24, 2.45) is 0 Å². The molecule has 108 valence electrons.